The van der Waals surface area contributed by atoms with Gasteiger partial charge in [-0.3, -0.25) is 9.59 Å². The summed E-state index contributed by atoms with van der Waals surface area (Å²) in [5.41, 5.74) is 1.19. The summed E-state index contributed by atoms with van der Waals surface area (Å²) in [5.74, 6) is 0.0760. The Hall–Kier alpha value is 0.899. The average Bonchev–Trinajstić information content (AvgIpc) is 2.66. The van der Waals surface area contributed by atoms with Crippen molar-refractivity contribution in [2.45, 2.75) is 25.1 Å². The van der Waals surface area contributed by atoms with Crippen molar-refractivity contribution in [1.82, 2.24) is 0 Å². The van der Waals surface area contributed by atoms with Gasteiger partial charge in [0.1, 0.15) is 0 Å². The van der Waals surface area contributed by atoms with Gasteiger partial charge in [-0.15, -0.1) is 0 Å². The van der Waals surface area contributed by atoms with Crippen molar-refractivity contribution in [2.75, 3.05) is 0 Å². The Morgan fingerprint density at radius 3 is 1.64 bits per heavy atom. The van der Waals surface area contributed by atoms with Crippen LogP contribution in [-0.4, -0.2) is 16.4 Å². The van der Waals surface area contributed by atoms with E-state index in [4.69, 9.17) is 46.4 Å². The quantitative estimate of drug-likeness (QED) is 0.180. The molecule has 2 aromatic carbocycles. The molecule has 0 radical (unpaired) electrons. The molecule has 0 spiro atoms. The Kier molecular flexibility index (Phi) is 16.2. The van der Waals surface area contributed by atoms with Crippen LogP contribution in [0.1, 0.15) is 41.0 Å². The molecule has 159 valence electrons. The molecule has 2 rings (SSSR count). The molecule has 0 aromatic heterocycles. The van der Waals surface area contributed by atoms with Crippen LogP contribution in [0.5, 0.6) is 0 Å². The Morgan fingerprint density at radius 2 is 1.29 bits per heavy atom. The van der Waals surface area contributed by atoms with E-state index in [1.54, 1.807) is 43.3 Å². The van der Waals surface area contributed by atoms with Crippen LogP contribution in [0.4, 0.5) is 0 Å². The van der Waals surface area contributed by atoms with E-state index in [0.717, 1.165) is 0 Å². The Balaban J connectivity index is 0.000000458. The summed E-state index contributed by atoms with van der Waals surface area (Å²) in [6.45, 7) is 3.58. The number of ketones is 2. The number of carbonyl (C=O) groups excluding carboxylic acids is 2. The van der Waals surface area contributed by atoms with E-state index in [0.29, 0.717) is 37.6 Å². The molecule has 0 amide bonds. The van der Waals surface area contributed by atoms with Crippen LogP contribution in [0.2, 0.25) is 20.1 Å². The van der Waals surface area contributed by atoms with Crippen molar-refractivity contribution in [2.24, 2.45) is 0 Å². The summed E-state index contributed by atoms with van der Waals surface area (Å²) in [4.78, 5) is 22.4. The summed E-state index contributed by atoms with van der Waals surface area (Å²) in [7, 11) is 0. The van der Waals surface area contributed by atoms with Gasteiger partial charge in [-0.2, -0.15) is 0 Å². The first-order valence-corrected chi connectivity index (χ1v) is 14.6. The van der Waals surface area contributed by atoms with Crippen molar-refractivity contribution in [3.8, 4) is 0 Å². The standard InChI is InChI=1S/C9H7BrCl2O.C9H8Cl2O.2BrH.Cu/c1-5(10)9(13)6-2-3-7(11)8(12)4-6;1-2-9(12)6-3-4-7(10)8(11)5-6;;;/h2-5H,1H3;3-5H,2H2,1H3;2*1H;/q;;;;+2/p-2. The molecule has 0 aliphatic rings. The second kappa shape index (κ2) is 15.7. The van der Waals surface area contributed by atoms with E-state index < -0.39 is 0 Å². The van der Waals surface area contributed by atoms with E-state index in [9.17, 15) is 9.59 Å². The first-order valence-electron chi connectivity index (χ1n) is 7.51. The number of hydrogen-bond acceptors (Lipinski definition) is 2. The monoisotopic (exact) mass is 703 g/mol. The number of halogens is 7. The Labute approximate surface area is 213 Å². The van der Waals surface area contributed by atoms with Gasteiger partial charge in [-0.05, 0) is 43.3 Å². The van der Waals surface area contributed by atoms with Gasteiger partial charge in [0, 0.05) is 17.5 Å². The van der Waals surface area contributed by atoms with Crippen molar-refractivity contribution in [3.05, 3.63) is 67.6 Å². The van der Waals surface area contributed by atoms with Crippen LogP contribution in [0, 0.1) is 0 Å². The zero-order valence-corrected chi connectivity index (χ0v) is 23.2. The molecule has 10 heteroatoms. The van der Waals surface area contributed by atoms with E-state index in [1.165, 1.54) is 11.3 Å². The molecule has 2 nitrogen and oxygen atoms in total. The van der Waals surface area contributed by atoms with E-state index in [2.05, 4.69) is 44.2 Å². The summed E-state index contributed by atoms with van der Waals surface area (Å²) < 4.78 is 0. The Morgan fingerprint density at radius 1 is 0.893 bits per heavy atom. The normalized spacial score (nSPS) is 10.9. The molecule has 0 fully saturated rings. The molecule has 0 N–H and O–H groups in total. The molecule has 0 aliphatic carbocycles. The first-order chi connectivity index (χ1) is 13.1. The summed E-state index contributed by atoms with van der Waals surface area (Å²) in [6.07, 6.45) is 0.484. The van der Waals surface area contributed by atoms with Gasteiger partial charge in [0.05, 0.1) is 24.9 Å². The van der Waals surface area contributed by atoms with Crippen LogP contribution in [-0.2, 0) is 11.3 Å². The maximum absolute atomic E-state index is 11.5. The fourth-order valence-electron chi connectivity index (χ4n) is 1.75. The van der Waals surface area contributed by atoms with Gasteiger partial charge in [0.15, 0.2) is 11.6 Å². The topological polar surface area (TPSA) is 34.1 Å². The van der Waals surface area contributed by atoms with Gasteiger partial charge in [0.2, 0.25) is 0 Å². The van der Waals surface area contributed by atoms with Gasteiger partial charge in [-0.1, -0.05) is 69.3 Å². The third kappa shape index (κ3) is 10.8. The van der Waals surface area contributed by atoms with Crippen LogP contribution >= 0.6 is 90.6 Å². The van der Waals surface area contributed by atoms with Gasteiger partial charge < -0.3 is 0 Å². The van der Waals surface area contributed by atoms with E-state index in [-0.39, 0.29) is 16.4 Å². The molecule has 2 aromatic rings. The summed E-state index contributed by atoms with van der Waals surface area (Å²) in [6, 6.07) is 9.76. The minimum absolute atomic E-state index is 0.00133. The molecule has 0 saturated carbocycles. The van der Waals surface area contributed by atoms with Crippen molar-refractivity contribution in [1.29, 1.82) is 0 Å². The number of carbonyl (C=O) groups is 2. The van der Waals surface area contributed by atoms with Crippen LogP contribution in [0.15, 0.2) is 36.4 Å². The predicted molar refractivity (Wildman–Crippen MR) is 128 cm³/mol. The number of rotatable bonds is 4. The SMILES string of the molecule is CC(Br)C(=O)c1ccc(Cl)c(Cl)c1.CCC(=O)c1ccc(Cl)c(Cl)c1.[Br][Cu][Br]. The third-order valence-electron chi connectivity index (χ3n) is 3.13. The van der Waals surface area contributed by atoms with Crippen LogP contribution < -0.4 is 0 Å². The fraction of sp³-hybridized carbons (Fsp3) is 0.222. The third-order valence-corrected chi connectivity index (χ3v) is 5.02. The fourth-order valence-corrected chi connectivity index (χ4v) is 2.61. The predicted octanol–water partition coefficient (Wildman–Crippen LogP) is 9.23. The Bertz CT molecular complexity index is 804. The van der Waals surface area contributed by atoms with E-state index >= 15 is 0 Å². The van der Waals surface area contributed by atoms with E-state index in [1.807, 2.05) is 6.92 Å². The second-order valence-electron chi connectivity index (χ2n) is 5.06. The molecule has 1 atom stereocenters. The zero-order valence-electron chi connectivity index (χ0n) is 14.5. The molecular formula is C18H15Br3Cl4CuO2. The number of alkyl halides is 1. The van der Waals surface area contributed by atoms with Gasteiger partial charge in [-0.25, -0.2) is 0 Å². The molecular weight excluding hydrogens is 693 g/mol. The second-order valence-corrected chi connectivity index (χ2v) is 12.8. The van der Waals surface area contributed by atoms with Crippen molar-refractivity contribution >= 4 is 102 Å². The average molecular weight is 708 g/mol. The zero-order chi connectivity index (χ0) is 21.9. The molecule has 0 bridgehead atoms. The van der Waals surface area contributed by atoms with Crippen molar-refractivity contribution in [3.63, 3.8) is 0 Å². The molecule has 1 unspecified atom stereocenters. The number of benzene rings is 2. The van der Waals surface area contributed by atoms with Crippen LogP contribution in [0.25, 0.3) is 0 Å². The minimum atomic E-state index is -0.204. The van der Waals surface area contributed by atoms with Gasteiger partial charge >= 0.3 is 39.6 Å². The van der Waals surface area contributed by atoms with Crippen molar-refractivity contribution < 1.29 is 20.9 Å². The summed E-state index contributed by atoms with van der Waals surface area (Å²) >= 11 is 33.5. The maximum atomic E-state index is 11.5. The molecule has 0 saturated heterocycles. The molecule has 0 heterocycles. The number of hydrogen-bond donors (Lipinski definition) is 0. The first kappa shape index (κ1) is 28.9. The van der Waals surface area contributed by atoms with Crippen LogP contribution in [0.3, 0.4) is 0 Å². The molecule has 28 heavy (non-hydrogen) atoms. The summed E-state index contributed by atoms with van der Waals surface area (Å²) in [5, 5.41) is 1.77. The molecule has 0 aliphatic heterocycles. The van der Waals surface area contributed by atoms with Gasteiger partial charge in [0.25, 0.3) is 0 Å². The number of Topliss-reactive ketones (excluding diaryl/α,β-unsaturated/α-hetero) is 2.